The third-order valence-corrected chi connectivity index (χ3v) is 8.96. The number of allylic oxidation sites excluding steroid dienone is 14. The molecule has 0 aromatic rings. The average Bonchev–Trinajstić information content (AvgIpc) is 3.18. The summed E-state index contributed by atoms with van der Waals surface area (Å²) < 4.78 is 32.5. The molecule has 0 aliphatic heterocycles. The van der Waals surface area contributed by atoms with Crippen molar-refractivity contribution < 1.29 is 52.6 Å². The fraction of sp³-hybridized carbons (Fsp3) is 0.614. The van der Waals surface area contributed by atoms with Crippen LogP contribution < -0.4 is 0 Å². The number of hydrogen-bond acceptors (Lipinski definition) is 10. The Balaban J connectivity index is 4.52. The molecular weight excluding hydrogens is 735 g/mol. The Kier molecular flexibility index (Phi) is 36.5. The van der Waals surface area contributed by atoms with Crippen LogP contribution in [0.25, 0.3) is 0 Å². The van der Waals surface area contributed by atoms with Crippen molar-refractivity contribution in [2.45, 2.75) is 148 Å². The Bertz CT molecular complexity index is 1270. The van der Waals surface area contributed by atoms with E-state index in [1.807, 2.05) is 36.5 Å². The van der Waals surface area contributed by atoms with Crippen molar-refractivity contribution >= 4 is 25.5 Å². The fourth-order valence-electron chi connectivity index (χ4n) is 4.84. The zero-order valence-corrected chi connectivity index (χ0v) is 35.0. The maximum Gasteiger partial charge on any atom is 0.472 e. The Hall–Kier alpha value is -3.18. The van der Waals surface area contributed by atoms with Crippen molar-refractivity contribution in [3.8, 4) is 0 Å². The first-order valence-corrected chi connectivity index (χ1v) is 22.0. The summed E-state index contributed by atoms with van der Waals surface area (Å²) in [5.41, 5.74) is 0. The third-order valence-electron chi connectivity index (χ3n) is 8.01. The Morgan fingerprint density at radius 1 is 0.607 bits per heavy atom. The summed E-state index contributed by atoms with van der Waals surface area (Å²) >= 11 is 0. The molecule has 0 spiro atoms. The van der Waals surface area contributed by atoms with Crippen LogP contribution in [0.15, 0.2) is 85.1 Å². The quantitative estimate of drug-likeness (QED) is 0.0137. The van der Waals surface area contributed by atoms with Crippen molar-refractivity contribution in [3.63, 3.8) is 0 Å². The Morgan fingerprint density at radius 3 is 1.82 bits per heavy atom. The molecule has 0 saturated carbocycles. The molecule has 318 valence electrons. The number of carbonyl (C=O) groups excluding carboxylic acids is 3. The lowest BCUT2D eigenvalue weighted by Crippen LogP contribution is -2.29. The smallest absolute Gasteiger partial charge is 0.462 e. The van der Waals surface area contributed by atoms with Crippen LogP contribution in [0.5, 0.6) is 0 Å². The highest BCUT2D eigenvalue weighted by Crippen LogP contribution is 2.43. The highest BCUT2D eigenvalue weighted by Gasteiger charge is 2.27. The number of carbonyl (C=O) groups is 3. The molecule has 0 aromatic heterocycles. The summed E-state index contributed by atoms with van der Waals surface area (Å²) in [5.74, 6) is -0.902. The first-order valence-electron chi connectivity index (χ1n) is 20.5. The Morgan fingerprint density at radius 2 is 1.16 bits per heavy atom. The van der Waals surface area contributed by atoms with Crippen LogP contribution in [0, 0.1) is 0 Å². The molecule has 1 unspecified atom stereocenters. The van der Waals surface area contributed by atoms with Gasteiger partial charge in [0.05, 0.1) is 19.8 Å². The molecule has 0 fully saturated rings. The molecule has 3 atom stereocenters. The van der Waals surface area contributed by atoms with Crippen LogP contribution in [0.3, 0.4) is 0 Å². The first kappa shape index (κ1) is 52.8. The van der Waals surface area contributed by atoms with Crippen LogP contribution in [0.4, 0.5) is 0 Å². The monoisotopic (exact) mass is 806 g/mol. The van der Waals surface area contributed by atoms with E-state index in [1.54, 1.807) is 12.2 Å². The van der Waals surface area contributed by atoms with E-state index in [0.717, 1.165) is 83.5 Å². The summed E-state index contributed by atoms with van der Waals surface area (Å²) in [6.45, 7) is 1.97. The van der Waals surface area contributed by atoms with Gasteiger partial charge >= 0.3 is 19.8 Å². The highest BCUT2D eigenvalue weighted by molar-refractivity contribution is 7.47. The zero-order chi connectivity index (χ0) is 41.4. The normalized spacial score (nSPS) is 14.7. The lowest BCUT2D eigenvalue weighted by molar-refractivity contribution is -0.161. The van der Waals surface area contributed by atoms with Gasteiger partial charge in [0, 0.05) is 19.3 Å². The topological polar surface area (TPSA) is 166 Å². The van der Waals surface area contributed by atoms with E-state index in [0.29, 0.717) is 25.7 Å². The van der Waals surface area contributed by atoms with Gasteiger partial charge in [-0.3, -0.25) is 23.4 Å². The number of unbranched alkanes of at least 4 members (excludes halogenated alkanes) is 8. The number of phosphoric acid groups is 1. The molecule has 3 N–H and O–H groups in total. The lowest BCUT2D eigenvalue weighted by atomic mass is 10.1. The summed E-state index contributed by atoms with van der Waals surface area (Å²) in [6, 6.07) is 0. The van der Waals surface area contributed by atoms with Crippen molar-refractivity contribution in [1.82, 2.24) is 0 Å². The van der Waals surface area contributed by atoms with Gasteiger partial charge in [0.15, 0.2) is 11.9 Å². The van der Waals surface area contributed by atoms with Crippen molar-refractivity contribution in [1.29, 1.82) is 0 Å². The average molecular weight is 807 g/mol. The van der Waals surface area contributed by atoms with E-state index in [4.69, 9.17) is 19.1 Å². The van der Waals surface area contributed by atoms with Gasteiger partial charge in [0.25, 0.3) is 0 Å². The number of hydrogen-bond donors (Lipinski definition) is 3. The molecule has 0 bridgehead atoms. The standard InChI is InChI=1S/C44H71O11P/c1-3-5-7-8-9-10-11-12-13-14-17-20-23-26-30-34-43(48)52-38-42(39-54-56(50,51)53-37-41(47)36-45)55-44(49)35-31-27-24-21-18-15-16-19-22-25-29-33-40(46)32-28-6-4-2/h5,7,9-10,12-13,15-16,21-22,24-25,29,33,41-42,45,47H,3-4,6,8,11,14,17-20,23,26-28,30-32,34-39H2,1-2H3,(H,50,51)/b7-5-,10-9-,13-12-,16-15-,24-21-,25-22-,33-29+/t41-,42+/m0/s1. The molecule has 0 radical (unpaired) electrons. The second kappa shape index (κ2) is 38.7. The number of esters is 2. The zero-order valence-electron chi connectivity index (χ0n) is 34.1. The van der Waals surface area contributed by atoms with Crippen LogP contribution in [-0.4, -0.2) is 71.5 Å². The molecule has 0 heterocycles. The number of phosphoric ester groups is 1. The van der Waals surface area contributed by atoms with Crippen LogP contribution in [0.1, 0.15) is 136 Å². The number of aliphatic hydroxyl groups is 2. The largest absolute Gasteiger partial charge is 0.472 e. The van der Waals surface area contributed by atoms with E-state index < -0.39 is 51.8 Å². The highest BCUT2D eigenvalue weighted by atomic mass is 31.2. The van der Waals surface area contributed by atoms with Crippen LogP contribution >= 0.6 is 7.82 Å². The van der Waals surface area contributed by atoms with Crippen LogP contribution in [-0.2, 0) is 37.5 Å². The maximum atomic E-state index is 12.6. The van der Waals surface area contributed by atoms with E-state index in [9.17, 15) is 28.9 Å². The molecule has 0 rings (SSSR count). The van der Waals surface area contributed by atoms with Gasteiger partial charge in [-0.25, -0.2) is 4.57 Å². The second-order valence-corrected chi connectivity index (χ2v) is 14.8. The van der Waals surface area contributed by atoms with Gasteiger partial charge in [-0.15, -0.1) is 0 Å². The van der Waals surface area contributed by atoms with Crippen molar-refractivity contribution in [3.05, 3.63) is 85.1 Å². The molecule has 0 saturated heterocycles. The molecule has 0 aliphatic rings. The minimum absolute atomic E-state index is 0.0732. The predicted molar refractivity (Wildman–Crippen MR) is 224 cm³/mol. The van der Waals surface area contributed by atoms with Crippen molar-refractivity contribution in [2.75, 3.05) is 26.4 Å². The third kappa shape index (κ3) is 37.7. The molecular formula is C44H71O11P. The summed E-state index contributed by atoms with van der Waals surface area (Å²) in [7, 11) is -4.65. The minimum atomic E-state index is -4.65. The second-order valence-electron chi connectivity index (χ2n) is 13.3. The summed E-state index contributed by atoms with van der Waals surface area (Å²) in [5, 5.41) is 18.3. The Labute approximate surface area is 336 Å². The fourth-order valence-corrected chi connectivity index (χ4v) is 5.63. The molecule has 0 aliphatic carbocycles. The molecule has 12 heteroatoms. The molecule has 56 heavy (non-hydrogen) atoms. The van der Waals surface area contributed by atoms with Gasteiger partial charge in [0.2, 0.25) is 0 Å². The molecule has 0 amide bonds. The number of ether oxygens (including phenoxy) is 2. The lowest BCUT2D eigenvalue weighted by Gasteiger charge is -2.20. The number of aliphatic hydroxyl groups excluding tert-OH is 2. The van der Waals surface area contributed by atoms with Gasteiger partial charge < -0.3 is 24.6 Å². The molecule has 0 aromatic carbocycles. The van der Waals surface area contributed by atoms with E-state index >= 15 is 0 Å². The minimum Gasteiger partial charge on any atom is -0.462 e. The summed E-state index contributed by atoms with van der Waals surface area (Å²) in [6.07, 6.45) is 41.1. The van der Waals surface area contributed by atoms with Gasteiger partial charge in [0.1, 0.15) is 12.7 Å². The number of ketones is 1. The maximum absolute atomic E-state index is 12.6. The first-order chi connectivity index (χ1) is 27.1. The predicted octanol–water partition coefficient (Wildman–Crippen LogP) is 9.84. The van der Waals surface area contributed by atoms with Gasteiger partial charge in [-0.1, -0.05) is 125 Å². The van der Waals surface area contributed by atoms with E-state index in [1.165, 1.54) is 0 Å². The SMILES string of the molecule is CC/C=C\C/C=C\C/C=C\CCCCCCCC(=O)OC[C@H](COP(=O)(O)OC[C@@H](O)CO)OC(=O)CCC/C=C\C/C=C\C/C=C\C=C\C(=O)CCCCC. The van der Waals surface area contributed by atoms with E-state index in [2.05, 4.69) is 54.8 Å². The van der Waals surface area contributed by atoms with E-state index in [-0.39, 0.29) is 25.2 Å². The molecule has 11 nitrogen and oxygen atoms in total. The van der Waals surface area contributed by atoms with Crippen LogP contribution in [0.2, 0.25) is 0 Å². The van der Waals surface area contributed by atoms with Gasteiger partial charge in [-0.05, 0) is 76.7 Å². The van der Waals surface area contributed by atoms with Crippen molar-refractivity contribution in [2.24, 2.45) is 0 Å². The summed E-state index contributed by atoms with van der Waals surface area (Å²) in [4.78, 5) is 46.6. The number of rotatable bonds is 37. The van der Waals surface area contributed by atoms with Gasteiger partial charge in [-0.2, -0.15) is 0 Å².